The van der Waals surface area contributed by atoms with Gasteiger partial charge >= 0.3 is 0 Å². The van der Waals surface area contributed by atoms with Crippen molar-refractivity contribution >= 4 is 39.9 Å². The monoisotopic (exact) mass is 398 g/mol. The van der Waals surface area contributed by atoms with Gasteiger partial charge in [-0.1, -0.05) is 26.0 Å². The van der Waals surface area contributed by atoms with Crippen LogP contribution in [0.15, 0.2) is 30.5 Å². The topological polar surface area (TPSA) is 82.6 Å². The molecule has 2 aliphatic heterocycles. The highest BCUT2D eigenvalue weighted by Gasteiger charge is 2.60. The highest BCUT2D eigenvalue weighted by Crippen LogP contribution is 2.45. The van der Waals surface area contributed by atoms with E-state index in [1.165, 1.54) is 16.2 Å². The fourth-order valence-corrected chi connectivity index (χ4v) is 4.67. The molecule has 2 aliphatic rings. The Bertz CT molecular complexity index is 970. The number of hydrogen-bond donors (Lipinski definition) is 1. The smallest absolute Gasteiger partial charge is 0.273 e. The normalized spacial score (nSPS) is 21.1. The van der Waals surface area contributed by atoms with Crippen molar-refractivity contribution in [1.29, 1.82) is 0 Å². The number of benzene rings is 1. The lowest BCUT2D eigenvalue weighted by Gasteiger charge is -2.49. The van der Waals surface area contributed by atoms with Crippen LogP contribution in [0.2, 0.25) is 0 Å². The van der Waals surface area contributed by atoms with Crippen molar-refractivity contribution in [2.24, 2.45) is 5.92 Å². The molecule has 28 heavy (non-hydrogen) atoms. The Kier molecular flexibility index (Phi) is 4.45. The Morgan fingerprint density at radius 3 is 2.75 bits per heavy atom. The maximum Gasteiger partial charge on any atom is 0.273 e. The van der Waals surface area contributed by atoms with Gasteiger partial charge in [0.1, 0.15) is 0 Å². The summed E-state index contributed by atoms with van der Waals surface area (Å²) in [4.78, 5) is 48.0. The number of para-hydroxylation sites is 1. The van der Waals surface area contributed by atoms with Crippen molar-refractivity contribution in [3.05, 3.63) is 40.9 Å². The zero-order chi connectivity index (χ0) is 20.1. The molecule has 0 radical (unpaired) electrons. The summed E-state index contributed by atoms with van der Waals surface area (Å²) in [5.74, 6) is -0.630. The van der Waals surface area contributed by atoms with Crippen molar-refractivity contribution in [2.75, 3.05) is 16.8 Å². The van der Waals surface area contributed by atoms with Gasteiger partial charge in [0.15, 0.2) is 5.13 Å². The SMILES string of the molecule is Cc1cnc(NC(=O)[C@]23CCC(=O)N2c2ccccc2C(=O)N3CC(C)C)s1. The average Bonchev–Trinajstić information content (AvgIpc) is 3.22. The molecular formula is C20H22N4O3S. The summed E-state index contributed by atoms with van der Waals surface area (Å²) < 4.78 is 0. The molecule has 146 valence electrons. The minimum absolute atomic E-state index is 0.138. The van der Waals surface area contributed by atoms with Crippen LogP contribution in [-0.2, 0) is 9.59 Å². The molecule has 4 rings (SSSR count). The van der Waals surface area contributed by atoms with Crippen molar-refractivity contribution in [2.45, 2.75) is 39.3 Å². The number of hydrogen-bond acceptors (Lipinski definition) is 5. The Balaban J connectivity index is 1.85. The summed E-state index contributed by atoms with van der Waals surface area (Å²) in [5, 5.41) is 3.32. The van der Waals surface area contributed by atoms with Gasteiger partial charge in [0.25, 0.3) is 11.8 Å². The highest BCUT2D eigenvalue weighted by atomic mass is 32.1. The molecule has 0 spiro atoms. The summed E-state index contributed by atoms with van der Waals surface area (Å²) >= 11 is 1.36. The molecule has 1 aromatic carbocycles. The van der Waals surface area contributed by atoms with Crippen LogP contribution < -0.4 is 10.2 Å². The summed E-state index contributed by atoms with van der Waals surface area (Å²) in [7, 11) is 0. The second-order valence-corrected chi connectivity index (χ2v) is 8.84. The van der Waals surface area contributed by atoms with Crippen LogP contribution in [-0.4, -0.2) is 39.8 Å². The summed E-state index contributed by atoms with van der Waals surface area (Å²) in [5.41, 5.74) is -0.417. The van der Waals surface area contributed by atoms with E-state index in [0.29, 0.717) is 22.9 Å². The molecule has 1 atom stereocenters. The van der Waals surface area contributed by atoms with Crippen LogP contribution in [0.4, 0.5) is 10.8 Å². The van der Waals surface area contributed by atoms with Gasteiger partial charge in [0.05, 0.1) is 11.3 Å². The lowest BCUT2D eigenvalue weighted by Crippen LogP contribution is -2.69. The van der Waals surface area contributed by atoms with Crippen LogP contribution in [0.3, 0.4) is 0 Å². The zero-order valence-electron chi connectivity index (χ0n) is 16.1. The van der Waals surface area contributed by atoms with E-state index in [0.717, 1.165) is 4.88 Å². The third-order valence-corrected chi connectivity index (χ3v) is 5.96. The lowest BCUT2D eigenvalue weighted by molar-refractivity contribution is -0.129. The van der Waals surface area contributed by atoms with Crippen molar-refractivity contribution in [3.8, 4) is 0 Å². The van der Waals surface area contributed by atoms with Gasteiger partial charge in [-0.15, -0.1) is 11.3 Å². The molecule has 1 aromatic heterocycles. The number of nitrogens with one attached hydrogen (secondary N) is 1. The first-order chi connectivity index (χ1) is 13.3. The third kappa shape index (κ3) is 2.71. The second kappa shape index (κ2) is 6.70. The van der Waals surface area contributed by atoms with Crippen molar-refractivity contribution in [1.82, 2.24) is 9.88 Å². The predicted molar refractivity (Wildman–Crippen MR) is 107 cm³/mol. The number of carbonyl (C=O) groups excluding carboxylic acids is 3. The standard InChI is InChI=1S/C20H22N4O3S/c1-12(2)11-23-17(26)14-6-4-5-7-15(14)24-16(25)8-9-20(23,24)18(27)22-19-21-10-13(3)28-19/h4-7,10,12H,8-9,11H2,1-3H3,(H,21,22,27)/t20-/m0/s1. The Hall–Kier alpha value is -2.74. The molecule has 0 unspecified atom stereocenters. The molecule has 0 saturated carbocycles. The molecule has 1 saturated heterocycles. The second-order valence-electron chi connectivity index (χ2n) is 7.60. The maximum atomic E-state index is 13.5. The summed E-state index contributed by atoms with van der Waals surface area (Å²) in [6.45, 7) is 6.26. The maximum absolute atomic E-state index is 13.5. The minimum atomic E-state index is -1.37. The zero-order valence-corrected chi connectivity index (χ0v) is 16.9. The quantitative estimate of drug-likeness (QED) is 0.858. The van der Waals surface area contributed by atoms with Crippen molar-refractivity contribution < 1.29 is 14.4 Å². The summed E-state index contributed by atoms with van der Waals surface area (Å²) in [6.07, 6.45) is 2.15. The van der Waals surface area contributed by atoms with Gasteiger partial charge in [-0.2, -0.15) is 0 Å². The molecule has 3 amide bonds. The van der Waals surface area contributed by atoms with E-state index < -0.39 is 11.6 Å². The number of aryl methyl sites for hydroxylation is 1. The summed E-state index contributed by atoms with van der Waals surface area (Å²) in [6, 6.07) is 7.00. The van der Waals surface area contributed by atoms with E-state index in [1.54, 1.807) is 35.4 Å². The predicted octanol–water partition coefficient (Wildman–Crippen LogP) is 3.03. The van der Waals surface area contributed by atoms with Gasteiger partial charge in [-0.3, -0.25) is 24.6 Å². The van der Waals surface area contributed by atoms with Crippen LogP contribution in [0.25, 0.3) is 0 Å². The van der Waals surface area contributed by atoms with Crippen LogP contribution in [0, 0.1) is 12.8 Å². The fraction of sp³-hybridized carbons (Fsp3) is 0.400. The Morgan fingerprint density at radius 2 is 2.07 bits per heavy atom. The number of anilines is 2. The number of fused-ring (bicyclic) bond motifs is 3. The van der Waals surface area contributed by atoms with Crippen LogP contribution >= 0.6 is 11.3 Å². The van der Waals surface area contributed by atoms with Gasteiger partial charge in [-0.25, -0.2) is 4.98 Å². The first kappa shape index (κ1) is 18.6. The molecule has 2 aromatic rings. The van der Waals surface area contributed by atoms with E-state index in [2.05, 4.69) is 10.3 Å². The molecule has 0 aliphatic carbocycles. The van der Waals surface area contributed by atoms with Gasteiger partial charge in [0, 0.05) is 30.5 Å². The number of rotatable bonds is 4. The van der Waals surface area contributed by atoms with Crippen LogP contribution in [0.1, 0.15) is 41.9 Å². The number of amides is 3. The first-order valence-electron chi connectivity index (χ1n) is 9.32. The molecule has 0 bridgehead atoms. The fourth-order valence-electron chi connectivity index (χ4n) is 4.01. The molecule has 1 N–H and O–H groups in total. The first-order valence-corrected chi connectivity index (χ1v) is 10.1. The van der Waals surface area contributed by atoms with Crippen molar-refractivity contribution in [3.63, 3.8) is 0 Å². The van der Waals surface area contributed by atoms with Gasteiger partial charge in [0.2, 0.25) is 11.6 Å². The van der Waals surface area contributed by atoms with Gasteiger partial charge < -0.3 is 4.90 Å². The highest BCUT2D eigenvalue weighted by molar-refractivity contribution is 7.15. The number of aromatic nitrogens is 1. The molecule has 7 nitrogen and oxygen atoms in total. The van der Waals surface area contributed by atoms with Crippen LogP contribution in [0.5, 0.6) is 0 Å². The van der Waals surface area contributed by atoms with E-state index in [-0.39, 0.29) is 30.6 Å². The Labute approximate surface area is 167 Å². The lowest BCUT2D eigenvalue weighted by atomic mass is 9.94. The molecule has 1 fully saturated rings. The average molecular weight is 398 g/mol. The largest absolute Gasteiger partial charge is 0.307 e. The van der Waals surface area contributed by atoms with E-state index >= 15 is 0 Å². The number of carbonyl (C=O) groups is 3. The third-order valence-electron chi connectivity index (χ3n) is 5.13. The number of nitrogens with zero attached hydrogens (tertiary/aromatic N) is 3. The van der Waals surface area contributed by atoms with Gasteiger partial charge in [-0.05, 0) is 25.0 Å². The minimum Gasteiger partial charge on any atom is -0.307 e. The number of thiazole rings is 1. The van der Waals surface area contributed by atoms with E-state index in [4.69, 9.17) is 0 Å². The Morgan fingerprint density at radius 1 is 1.32 bits per heavy atom. The molecule has 8 heteroatoms. The molecule has 3 heterocycles. The van der Waals surface area contributed by atoms with E-state index in [9.17, 15) is 14.4 Å². The van der Waals surface area contributed by atoms with E-state index in [1.807, 2.05) is 20.8 Å². The molecular weight excluding hydrogens is 376 g/mol.